The molecule has 0 amide bonds. The van der Waals surface area contributed by atoms with Crippen molar-refractivity contribution < 1.29 is 5.11 Å². The largest absolute Gasteiger partial charge is 0.382 e. The predicted octanol–water partition coefficient (Wildman–Crippen LogP) is 1.03. The second-order valence-corrected chi connectivity index (χ2v) is 5.98. The molecule has 0 bridgehead atoms. The van der Waals surface area contributed by atoms with Gasteiger partial charge in [-0.1, -0.05) is 0 Å². The van der Waals surface area contributed by atoms with Gasteiger partial charge in [0.2, 0.25) is 0 Å². The predicted molar refractivity (Wildman–Crippen MR) is 79.4 cm³/mol. The number of hydrogen-bond donors (Lipinski definition) is 1. The summed E-state index contributed by atoms with van der Waals surface area (Å²) in [6.07, 6.45) is 9.88. The molecule has 1 aliphatic rings. The second-order valence-electron chi connectivity index (χ2n) is 5.98. The standard InChI is InChI=1S/C15H23N5O/c1-18-10-6-16-13(18)12-20-8-3-4-15(21,5-9-20)14-17-7-11-19(14)2/h6-7,10-11,21H,3-5,8-9,12H2,1-2H3/t15-/m1/s1. The Bertz CT molecular complexity index is 605. The maximum Gasteiger partial charge on any atom is 0.140 e. The number of aromatic nitrogens is 4. The zero-order valence-electron chi connectivity index (χ0n) is 12.7. The molecule has 1 fully saturated rings. The van der Waals surface area contributed by atoms with Gasteiger partial charge in [-0.3, -0.25) is 4.90 Å². The molecule has 1 saturated heterocycles. The molecule has 21 heavy (non-hydrogen) atoms. The molecule has 3 heterocycles. The van der Waals surface area contributed by atoms with Gasteiger partial charge in [0.15, 0.2) is 0 Å². The Morgan fingerprint density at radius 3 is 2.52 bits per heavy atom. The fourth-order valence-electron chi connectivity index (χ4n) is 3.12. The van der Waals surface area contributed by atoms with Crippen LogP contribution in [0.25, 0.3) is 0 Å². The SMILES string of the molecule is Cn1ccnc1CN1CCC[C@](O)(c2nccn2C)CC1. The summed E-state index contributed by atoms with van der Waals surface area (Å²) in [6.45, 7) is 2.68. The van der Waals surface area contributed by atoms with Crippen molar-refractivity contribution in [3.05, 3.63) is 36.4 Å². The molecule has 0 aromatic carbocycles. The van der Waals surface area contributed by atoms with Crippen molar-refractivity contribution >= 4 is 0 Å². The summed E-state index contributed by atoms with van der Waals surface area (Å²) in [6, 6.07) is 0. The van der Waals surface area contributed by atoms with E-state index in [-0.39, 0.29) is 0 Å². The normalized spacial score (nSPS) is 24.1. The number of imidazole rings is 2. The van der Waals surface area contributed by atoms with Crippen LogP contribution in [0.2, 0.25) is 0 Å². The Hall–Kier alpha value is -1.66. The Kier molecular flexibility index (Phi) is 3.82. The van der Waals surface area contributed by atoms with Crippen molar-refractivity contribution in [1.82, 2.24) is 24.0 Å². The average Bonchev–Trinajstić information content (AvgIpc) is 3.00. The van der Waals surface area contributed by atoms with Crippen LogP contribution in [0.1, 0.15) is 30.9 Å². The van der Waals surface area contributed by atoms with Gasteiger partial charge < -0.3 is 14.2 Å². The summed E-state index contributed by atoms with van der Waals surface area (Å²) in [5, 5.41) is 11.0. The summed E-state index contributed by atoms with van der Waals surface area (Å²) in [4.78, 5) is 11.1. The lowest BCUT2D eigenvalue weighted by Gasteiger charge is -2.26. The molecule has 1 aliphatic heterocycles. The van der Waals surface area contributed by atoms with Gasteiger partial charge in [-0.25, -0.2) is 9.97 Å². The van der Waals surface area contributed by atoms with Crippen LogP contribution in [0.15, 0.2) is 24.8 Å². The third-order valence-electron chi connectivity index (χ3n) is 4.43. The minimum absolute atomic E-state index is 0.711. The fraction of sp³-hybridized carbons (Fsp3) is 0.600. The number of aryl methyl sites for hydroxylation is 2. The van der Waals surface area contributed by atoms with Crippen molar-refractivity contribution in [2.24, 2.45) is 14.1 Å². The van der Waals surface area contributed by atoms with Crippen molar-refractivity contribution in [1.29, 1.82) is 0 Å². The van der Waals surface area contributed by atoms with Gasteiger partial charge in [0.1, 0.15) is 17.2 Å². The molecule has 0 aliphatic carbocycles. The second kappa shape index (κ2) is 5.61. The molecule has 0 spiro atoms. The minimum Gasteiger partial charge on any atom is -0.382 e. The van der Waals surface area contributed by atoms with Crippen molar-refractivity contribution in [3.8, 4) is 0 Å². The highest BCUT2D eigenvalue weighted by Crippen LogP contribution is 2.31. The van der Waals surface area contributed by atoms with E-state index in [2.05, 4.69) is 19.4 Å². The van der Waals surface area contributed by atoms with Gasteiger partial charge in [-0.05, 0) is 25.8 Å². The molecule has 0 unspecified atom stereocenters. The quantitative estimate of drug-likeness (QED) is 0.917. The van der Waals surface area contributed by atoms with Crippen molar-refractivity contribution in [3.63, 3.8) is 0 Å². The first kappa shape index (κ1) is 14.3. The van der Waals surface area contributed by atoms with E-state index in [1.165, 1.54) is 0 Å². The molecule has 1 N–H and O–H groups in total. The lowest BCUT2D eigenvalue weighted by atomic mass is 9.94. The van der Waals surface area contributed by atoms with E-state index in [0.29, 0.717) is 6.42 Å². The van der Waals surface area contributed by atoms with E-state index >= 15 is 0 Å². The average molecular weight is 289 g/mol. The van der Waals surface area contributed by atoms with E-state index in [1.54, 1.807) is 6.20 Å². The van der Waals surface area contributed by atoms with Crippen LogP contribution < -0.4 is 0 Å². The minimum atomic E-state index is -0.811. The van der Waals surface area contributed by atoms with Crippen LogP contribution in [0.3, 0.4) is 0 Å². The van der Waals surface area contributed by atoms with Gasteiger partial charge in [0.25, 0.3) is 0 Å². The highest BCUT2D eigenvalue weighted by atomic mass is 16.3. The zero-order valence-corrected chi connectivity index (χ0v) is 12.7. The van der Waals surface area contributed by atoms with Gasteiger partial charge in [-0.2, -0.15) is 0 Å². The van der Waals surface area contributed by atoms with Crippen LogP contribution in [-0.2, 0) is 26.2 Å². The van der Waals surface area contributed by atoms with Crippen LogP contribution in [0.5, 0.6) is 0 Å². The number of likely N-dealkylation sites (tertiary alicyclic amines) is 1. The van der Waals surface area contributed by atoms with E-state index in [0.717, 1.165) is 44.1 Å². The number of aliphatic hydroxyl groups is 1. The molecule has 3 rings (SSSR count). The summed E-state index contributed by atoms with van der Waals surface area (Å²) in [5.74, 6) is 1.85. The molecule has 114 valence electrons. The molecule has 0 saturated carbocycles. The Morgan fingerprint density at radius 2 is 1.86 bits per heavy atom. The van der Waals surface area contributed by atoms with E-state index in [9.17, 15) is 5.11 Å². The summed E-state index contributed by atoms with van der Waals surface area (Å²) in [7, 11) is 3.96. The first-order valence-corrected chi connectivity index (χ1v) is 7.47. The summed E-state index contributed by atoms with van der Waals surface area (Å²) in [5.41, 5.74) is -0.811. The smallest absolute Gasteiger partial charge is 0.140 e. The van der Waals surface area contributed by atoms with Gasteiger partial charge in [-0.15, -0.1) is 0 Å². The Morgan fingerprint density at radius 1 is 1.10 bits per heavy atom. The van der Waals surface area contributed by atoms with Crippen LogP contribution in [0, 0.1) is 0 Å². The number of nitrogens with zero attached hydrogens (tertiary/aromatic N) is 5. The maximum absolute atomic E-state index is 11.0. The van der Waals surface area contributed by atoms with E-state index in [4.69, 9.17) is 0 Å². The van der Waals surface area contributed by atoms with Gasteiger partial charge >= 0.3 is 0 Å². The summed E-state index contributed by atoms with van der Waals surface area (Å²) < 4.78 is 3.98. The fourth-order valence-corrected chi connectivity index (χ4v) is 3.12. The molecule has 6 nitrogen and oxygen atoms in total. The van der Waals surface area contributed by atoms with E-state index < -0.39 is 5.60 Å². The Labute approximate surface area is 125 Å². The lowest BCUT2D eigenvalue weighted by molar-refractivity contribution is 0.00965. The van der Waals surface area contributed by atoms with E-state index in [1.807, 2.05) is 37.3 Å². The highest BCUT2D eigenvalue weighted by Gasteiger charge is 2.35. The van der Waals surface area contributed by atoms with Crippen molar-refractivity contribution in [2.75, 3.05) is 13.1 Å². The lowest BCUT2D eigenvalue weighted by Crippen LogP contribution is -2.31. The summed E-state index contributed by atoms with van der Waals surface area (Å²) >= 11 is 0. The monoisotopic (exact) mass is 289 g/mol. The van der Waals surface area contributed by atoms with Gasteiger partial charge in [0, 0.05) is 45.4 Å². The zero-order chi connectivity index (χ0) is 14.9. The van der Waals surface area contributed by atoms with Crippen LogP contribution in [0.4, 0.5) is 0 Å². The molecule has 2 aromatic rings. The molecular formula is C15H23N5O. The van der Waals surface area contributed by atoms with Gasteiger partial charge in [0.05, 0.1) is 6.54 Å². The van der Waals surface area contributed by atoms with Crippen molar-refractivity contribution in [2.45, 2.75) is 31.4 Å². The first-order chi connectivity index (χ1) is 10.1. The third kappa shape index (κ3) is 2.87. The first-order valence-electron chi connectivity index (χ1n) is 7.47. The number of hydrogen-bond acceptors (Lipinski definition) is 4. The number of rotatable bonds is 3. The molecular weight excluding hydrogens is 266 g/mol. The van der Waals surface area contributed by atoms with Crippen LogP contribution >= 0.6 is 0 Å². The molecule has 6 heteroatoms. The van der Waals surface area contributed by atoms with Crippen LogP contribution in [-0.4, -0.2) is 42.2 Å². The molecule has 1 atom stereocenters. The maximum atomic E-state index is 11.0. The third-order valence-corrected chi connectivity index (χ3v) is 4.43. The molecule has 0 radical (unpaired) electrons. The molecule has 2 aromatic heterocycles. The Balaban J connectivity index is 1.69. The highest BCUT2D eigenvalue weighted by molar-refractivity contribution is 5.06. The topological polar surface area (TPSA) is 59.1 Å².